The maximum atomic E-state index is 13.0. The van der Waals surface area contributed by atoms with E-state index in [4.69, 9.17) is 4.74 Å². The summed E-state index contributed by atoms with van der Waals surface area (Å²) in [6.45, 7) is 10.3. The highest BCUT2D eigenvalue weighted by Gasteiger charge is 2.43. The smallest absolute Gasteiger partial charge is 0.278 e. The van der Waals surface area contributed by atoms with Gasteiger partial charge in [0.1, 0.15) is 11.4 Å². The lowest BCUT2D eigenvalue weighted by molar-refractivity contribution is -0.139. The second-order valence-electron chi connectivity index (χ2n) is 7.72. The van der Waals surface area contributed by atoms with Gasteiger partial charge in [-0.2, -0.15) is 0 Å². The molecule has 2 aliphatic heterocycles. The molecule has 5 heteroatoms. The van der Waals surface area contributed by atoms with E-state index in [-0.39, 0.29) is 17.9 Å². The summed E-state index contributed by atoms with van der Waals surface area (Å²) in [4.78, 5) is 29.4. The van der Waals surface area contributed by atoms with Crippen LogP contribution in [0, 0.1) is 5.92 Å². The van der Waals surface area contributed by atoms with Crippen LogP contribution in [0.4, 0.5) is 0 Å². The molecule has 0 saturated carbocycles. The molecule has 26 heavy (non-hydrogen) atoms. The number of ether oxygens (including phenoxy) is 1. The van der Waals surface area contributed by atoms with Crippen LogP contribution in [0.5, 0.6) is 5.75 Å². The SMILES string of the molecule is CC(C)COc1ccc(C2=C(N3CCCC3)C(=O)N(C(C)C)C2=O)cc1. The topological polar surface area (TPSA) is 49.9 Å². The molecule has 0 spiro atoms. The Morgan fingerprint density at radius 3 is 2.12 bits per heavy atom. The summed E-state index contributed by atoms with van der Waals surface area (Å²) < 4.78 is 5.73. The summed E-state index contributed by atoms with van der Waals surface area (Å²) in [5.74, 6) is 0.876. The third kappa shape index (κ3) is 3.48. The molecule has 5 nitrogen and oxygen atoms in total. The van der Waals surface area contributed by atoms with E-state index < -0.39 is 0 Å². The van der Waals surface area contributed by atoms with Crippen molar-refractivity contribution in [1.29, 1.82) is 0 Å². The average molecular weight is 356 g/mol. The Kier molecular flexibility index (Phi) is 5.35. The molecule has 0 N–H and O–H groups in total. The number of nitrogens with zero attached hydrogens (tertiary/aromatic N) is 2. The van der Waals surface area contributed by atoms with Crippen molar-refractivity contribution in [2.24, 2.45) is 5.92 Å². The lowest BCUT2D eigenvalue weighted by Crippen LogP contribution is -2.39. The average Bonchev–Trinajstić information content (AvgIpc) is 3.19. The van der Waals surface area contributed by atoms with E-state index in [1.165, 1.54) is 4.90 Å². The summed E-state index contributed by atoms with van der Waals surface area (Å²) in [6.07, 6.45) is 2.11. The van der Waals surface area contributed by atoms with Gasteiger partial charge in [0, 0.05) is 19.1 Å². The van der Waals surface area contributed by atoms with Gasteiger partial charge in [0.25, 0.3) is 11.8 Å². The molecule has 1 aromatic rings. The van der Waals surface area contributed by atoms with Gasteiger partial charge in [-0.25, -0.2) is 0 Å². The molecule has 140 valence electrons. The number of hydrogen-bond acceptors (Lipinski definition) is 4. The summed E-state index contributed by atoms with van der Waals surface area (Å²) in [5.41, 5.74) is 1.88. The third-order valence-electron chi connectivity index (χ3n) is 4.76. The van der Waals surface area contributed by atoms with E-state index in [1.54, 1.807) is 0 Å². The minimum Gasteiger partial charge on any atom is -0.493 e. The molecule has 3 rings (SSSR count). The van der Waals surface area contributed by atoms with Crippen molar-refractivity contribution in [1.82, 2.24) is 9.80 Å². The molecular formula is C21H28N2O3. The maximum absolute atomic E-state index is 13.0. The van der Waals surface area contributed by atoms with Crippen LogP contribution in [0.3, 0.4) is 0 Å². The summed E-state index contributed by atoms with van der Waals surface area (Å²) in [5, 5.41) is 0. The summed E-state index contributed by atoms with van der Waals surface area (Å²) >= 11 is 0. The van der Waals surface area contributed by atoms with Gasteiger partial charge in [-0.1, -0.05) is 26.0 Å². The number of likely N-dealkylation sites (tertiary alicyclic amines) is 1. The molecule has 1 aromatic carbocycles. The molecule has 1 saturated heterocycles. The molecule has 0 radical (unpaired) electrons. The monoisotopic (exact) mass is 356 g/mol. The Bertz CT molecular complexity index is 713. The number of benzene rings is 1. The van der Waals surface area contributed by atoms with Crippen LogP contribution in [-0.4, -0.2) is 47.4 Å². The van der Waals surface area contributed by atoms with Crippen molar-refractivity contribution >= 4 is 17.4 Å². The first kappa shape index (κ1) is 18.5. The van der Waals surface area contributed by atoms with Crippen LogP contribution in [0.25, 0.3) is 5.57 Å². The molecular weight excluding hydrogens is 328 g/mol. The highest BCUT2D eigenvalue weighted by atomic mass is 16.5. The first-order valence-electron chi connectivity index (χ1n) is 9.50. The lowest BCUT2D eigenvalue weighted by atomic mass is 10.0. The predicted octanol–water partition coefficient (Wildman–Crippen LogP) is 3.31. The van der Waals surface area contributed by atoms with Crippen LogP contribution in [0.15, 0.2) is 30.0 Å². The molecule has 2 heterocycles. The van der Waals surface area contributed by atoms with Gasteiger partial charge in [-0.3, -0.25) is 14.5 Å². The van der Waals surface area contributed by atoms with Gasteiger partial charge in [0.15, 0.2) is 0 Å². The molecule has 0 aromatic heterocycles. The Labute approximate surface area is 155 Å². The lowest BCUT2D eigenvalue weighted by Gasteiger charge is -2.22. The zero-order valence-corrected chi connectivity index (χ0v) is 16.1. The van der Waals surface area contributed by atoms with Crippen LogP contribution >= 0.6 is 0 Å². The molecule has 0 bridgehead atoms. The van der Waals surface area contributed by atoms with Crippen LogP contribution in [0.1, 0.15) is 46.1 Å². The van der Waals surface area contributed by atoms with E-state index in [0.717, 1.165) is 37.2 Å². The fraction of sp³-hybridized carbons (Fsp3) is 0.524. The van der Waals surface area contributed by atoms with Crippen LogP contribution < -0.4 is 4.74 Å². The van der Waals surface area contributed by atoms with Crippen molar-refractivity contribution < 1.29 is 14.3 Å². The minimum atomic E-state index is -0.192. The Morgan fingerprint density at radius 1 is 0.962 bits per heavy atom. The number of carbonyl (C=O) groups is 2. The predicted molar refractivity (Wildman–Crippen MR) is 101 cm³/mol. The molecule has 2 aliphatic rings. The zero-order valence-electron chi connectivity index (χ0n) is 16.1. The van der Waals surface area contributed by atoms with Gasteiger partial charge in [0.05, 0.1) is 12.2 Å². The van der Waals surface area contributed by atoms with Crippen molar-refractivity contribution in [3.63, 3.8) is 0 Å². The van der Waals surface area contributed by atoms with E-state index >= 15 is 0 Å². The number of hydrogen-bond donors (Lipinski definition) is 0. The van der Waals surface area contributed by atoms with Crippen molar-refractivity contribution in [3.8, 4) is 5.75 Å². The summed E-state index contributed by atoms with van der Waals surface area (Å²) in [6, 6.07) is 7.37. The van der Waals surface area contributed by atoms with Gasteiger partial charge in [-0.05, 0) is 50.3 Å². The Morgan fingerprint density at radius 2 is 1.58 bits per heavy atom. The number of amides is 2. The van der Waals surface area contributed by atoms with Crippen molar-refractivity contribution in [2.75, 3.05) is 19.7 Å². The first-order chi connectivity index (χ1) is 12.4. The van der Waals surface area contributed by atoms with Crippen molar-refractivity contribution in [2.45, 2.75) is 46.6 Å². The van der Waals surface area contributed by atoms with Gasteiger partial charge in [-0.15, -0.1) is 0 Å². The van der Waals surface area contributed by atoms with Crippen LogP contribution in [-0.2, 0) is 9.59 Å². The third-order valence-corrected chi connectivity index (χ3v) is 4.76. The second kappa shape index (κ2) is 7.52. The number of imide groups is 1. The molecule has 2 amide bonds. The largest absolute Gasteiger partial charge is 0.493 e. The van der Waals surface area contributed by atoms with E-state index in [9.17, 15) is 9.59 Å². The highest BCUT2D eigenvalue weighted by molar-refractivity contribution is 6.35. The number of rotatable bonds is 6. The molecule has 1 fully saturated rings. The minimum absolute atomic E-state index is 0.154. The standard InChI is InChI=1S/C21H28N2O3/c1-14(2)13-26-17-9-7-16(8-10-17)18-19(22-11-5-6-12-22)21(25)23(15(3)4)20(18)24/h7-10,14-15H,5-6,11-13H2,1-4H3. The van der Waals surface area contributed by atoms with E-state index in [0.29, 0.717) is 23.8 Å². The fourth-order valence-electron chi connectivity index (χ4n) is 3.48. The van der Waals surface area contributed by atoms with E-state index in [1.807, 2.05) is 38.1 Å². The van der Waals surface area contributed by atoms with Crippen LogP contribution in [0.2, 0.25) is 0 Å². The molecule has 0 aliphatic carbocycles. The Balaban J connectivity index is 1.95. The highest BCUT2D eigenvalue weighted by Crippen LogP contribution is 2.34. The number of carbonyl (C=O) groups excluding carboxylic acids is 2. The van der Waals surface area contributed by atoms with E-state index in [2.05, 4.69) is 18.7 Å². The molecule has 0 atom stereocenters. The summed E-state index contributed by atoms with van der Waals surface area (Å²) in [7, 11) is 0. The van der Waals surface area contributed by atoms with Gasteiger partial charge < -0.3 is 9.64 Å². The van der Waals surface area contributed by atoms with Gasteiger partial charge >= 0.3 is 0 Å². The normalized spacial score (nSPS) is 18.1. The first-order valence-corrected chi connectivity index (χ1v) is 9.50. The zero-order chi connectivity index (χ0) is 18.8. The quantitative estimate of drug-likeness (QED) is 0.734. The second-order valence-corrected chi connectivity index (χ2v) is 7.72. The molecule has 0 unspecified atom stereocenters. The van der Waals surface area contributed by atoms with Gasteiger partial charge in [0.2, 0.25) is 0 Å². The fourth-order valence-corrected chi connectivity index (χ4v) is 3.48. The Hall–Kier alpha value is -2.30. The maximum Gasteiger partial charge on any atom is 0.278 e. The van der Waals surface area contributed by atoms with Crippen molar-refractivity contribution in [3.05, 3.63) is 35.5 Å².